The van der Waals surface area contributed by atoms with Crippen molar-refractivity contribution in [3.63, 3.8) is 0 Å². The lowest BCUT2D eigenvalue weighted by Gasteiger charge is -2.13. The fraction of sp³-hybridized carbons (Fsp3) is 0.267. The normalized spacial score (nSPS) is 10.5. The van der Waals surface area contributed by atoms with Crippen LogP contribution in [0.25, 0.3) is 0 Å². The molecule has 0 radical (unpaired) electrons. The molecule has 2 N–H and O–H groups in total. The van der Waals surface area contributed by atoms with E-state index < -0.39 is 0 Å². The molecule has 1 heterocycles. The van der Waals surface area contributed by atoms with Crippen molar-refractivity contribution in [2.24, 2.45) is 5.73 Å². The summed E-state index contributed by atoms with van der Waals surface area (Å²) in [4.78, 5) is 4.13. The first-order chi connectivity index (χ1) is 9.10. The highest BCUT2D eigenvalue weighted by Gasteiger charge is 2.06. The average Bonchev–Trinajstić information content (AvgIpc) is 2.37. The van der Waals surface area contributed by atoms with Gasteiger partial charge in [0.25, 0.3) is 0 Å². The topological polar surface area (TPSA) is 48.1 Å². The molecule has 0 aliphatic rings. The zero-order valence-electron chi connectivity index (χ0n) is 11.1. The van der Waals surface area contributed by atoms with Crippen molar-refractivity contribution in [2.75, 3.05) is 0 Å². The van der Waals surface area contributed by atoms with Crippen molar-refractivity contribution in [3.8, 4) is 5.75 Å². The molecule has 0 saturated carbocycles. The molecule has 1 aromatic heterocycles. The zero-order chi connectivity index (χ0) is 13.8. The van der Waals surface area contributed by atoms with E-state index in [1.54, 1.807) is 6.20 Å². The quantitative estimate of drug-likeness (QED) is 0.937. The standard InChI is InChI=1S/C15H17BrN2O/c1-10-3-12(6-17)4-11(2)15(10)19-9-13-5-14(16)8-18-7-13/h3-5,7-8H,6,9,17H2,1-2H3. The highest BCUT2D eigenvalue weighted by molar-refractivity contribution is 9.10. The van der Waals surface area contributed by atoms with Crippen LogP contribution in [-0.2, 0) is 13.2 Å². The van der Waals surface area contributed by atoms with E-state index in [0.717, 1.165) is 32.5 Å². The summed E-state index contributed by atoms with van der Waals surface area (Å²) in [7, 11) is 0. The van der Waals surface area contributed by atoms with Crippen LogP contribution in [0.4, 0.5) is 0 Å². The summed E-state index contributed by atoms with van der Waals surface area (Å²) in [5.74, 6) is 0.928. The third kappa shape index (κ3) is 3.55. The summed E-state index contributed by atoms with van der Waals surface area (Å²) in [5.41, 5.74) is 10.1. The third-order valence-corrected chi connectivity index (χ3v) is 3.33. The number of pyridine rings is 1. The molecule has 0 bridgehead atoms. The highest BCUT2D eigenvalue weighted by Crippen LogP contribution is 2.25. The third-order valence-electron chi connectivity index (χ3n) is 2.90. The Kier molecular flexibility index (Phi) is 4.56. The molecule has 0 atom stereocenters. The van der Waals surface area contributed by atoms with Gasteiger partial charge in [-0.15, -0.1) is 0 Å². The predicted octanol–water partition coefficient (Wildman–Crippen LogP) is 3.50. The summed E-state index contributed by atoms with van der Waals surface area (Å²) in [6, 6.07) is 6.15. The second-order valence-corrected chi connectivity index (χ2v) is 5.48. The van der Waals surface area contributed by atoms with E-state index >= 15 is 0 Å². The SMILES string of the molecule is Cc1cc(CN)cc(C)c1OCc1cncc(Br)c1. The van der Waals surface area contributed by atoms with Crippen molar-refractivity contribution in [2.45, 2.75) is 27.0 Å². The summed E-state index contributed by atoms with van der Waals surface area (Å²) in [6.45, 7) is 5.15. The average molecular weight is 321 g/mol. The van der Waals surface area contributed by atoms with Gasteiger partial charge < -0.3 is 10.5 Å². The summed E-state index contributed by atoms with van der Waals surface area (Å²) in [5, 5.41) is 0. The van der Waals surface area contributed by atoms with E-state index in [9.17, 15) is 0 Å². The molecule has 4 heteroatoms. The Morgan fingerprint density at radius 3 is 2.37 bits per heavy atom. The molecule has 0 saturated heterocycles. The molecule has 1 aromatic carbocycles. The molecule has 0 aliphatic heterocycles. The van der Waals surface area contributed by atoms with Crippen LogP contribution in [0.2, 0.25) is 0 Å². The number of rotatable bonds is 4. The van der Waals surface area contributed by atoms with Crippen LogP contribution >= 0.6 is 15.9 Å². The molecule has 0 aliphatic carbocycles. The lowest BCUT2D eigenvalue weighted by Crippen LogP contribution is -2.02. The molecule has 0 amide bonds. The van der Waals surface area contributed by atoms with Crippen molar-refractivity contribution in [3.05, 3.63) is 57.3 Å². The molecule has 0 spiro atoms. The summed E-state index contributed by atoms with van der Waals surface area (Å²) >= 11 is 3.40. The van der Waals surface area contributed by atoms with Gasteiger partial charge in [0.15, 0.2) is 0 Å². The van der Waals surface area contributed by atoms with Gasteiger partial charge in [0, 0.05) is 29.0 Å². The van der Waals surface area contributed by atoms with Crippen LogP contribution in [0.5, 0.6) is 5.75 Å². The maximum atomic E-state index is 5.91. The molecule has 2 aromatic rings. The Morgan fingerprint density at radius 1 is 1.11 bits per heavy atom. The second-order valence-electron chi connectivity index (χ2n) is 4.56. The number of aromatic nitrogens is 1. The second kappa shape index (κ2) is 6.17. The first-order valence-corrected chi connectivity index (χ1v) is 6.92. The van der Waals surface area contributed by atoms with Crippen LogP contribution in [-0.4, -0.2) is 4.98 Å². The van der Waals surface area contributed by atoms with Gasteiger partial charge in [0.2, 0.25) is 0 Å². The van der Waals surface area contributed by atoms with Gasteiger partial charge in [-0.2, -0.15) is 0 Å². The van der Waals surface area contributed by atoms with Gasteiger partial charge in [-0.25, -0.2) is 0 Å². The molecule has 100 valence electrons. The first-order valence-electron chi connectivity index (χ1n) is 6.12. The van der Waals surface area contributed by atoms with Crippen LogP contribution in [0.3, 0.4) is 0 Å². The number of nitrogens with two attached hydrogens (primary N) is 1. The van der Waals surface area contributed by atoms with Gasteiger partial charge >= 0.3 is 0 Å². The van der Waals surface area contributed by atoms with Gasteiger partial charge in [-0.1, -0.05) is 12.1 Å². The number of ether oxygens (including phenoxy) is 1. The maximum absolute atomic E-state index is 5.91. The van der Waals surface area contributed by atoms with Gasteiger partial charge in [-0.05, 0) is 52.5 Å². The molecule has 0 unspecified atom stereocenters. The Labute approximate surface area is 121 Å². The van der Waals surface area contributed by atoms with E-state index in [-0.39, 0.29) is 0 Å². The predicted molar refractivity (Wildman–Crippen MR) is 80.1 cm³/mol. The minimum atomic E-state index is 0.510. The Bertz CT molecular complexity index is 561. The smallest absolute Gasteiger partial charge is 0.125 e. The van der Waals surface area contributed by atoms with Crippen LogP contribution < -0.4 is 10.5 Å². The summed E-state index contributed by atoms with van der Waals surface area (Å²) in [6.07, 6.45) is 3.57. The fourth-order valence-electron chi connectivity index (χ4n) is 2.08. The van der Waals surface area contributed by atoms with Crippen LogP contribution in [0, 0.1) is 13.8 Å². The number of hydrogen-bond acceptors (Lipinski definition) is 3. The fourth-order valence-corrected chi connectivity index (χ4v) is 2.49. The molecule has 0 fully saturated rings. The number of aryl methyl sites for hydroxylation is 2. The van der Waals surface area contributed by atoms with Gasteiger partial charge in [-0.3, -0.25) is 4.98 Å². The lowest BCUT2D eigenvalue weighted by atomic mass is 10.1. The minimum Gasteiger partial charge on any atom is -0.488 e. The van der Waals surface area contributed by atoms with Crippen LogP contribution in [0.15, 0.2) is 35.1 Å². The lowest BCUT2D eigenvalue weighted by molar-refractivity contribution is 0.301. The molecular formula is C15H17BrN2O. The van der Waals surface area contributed by atoms with Gasteiger partial charge in [0.05, 0.1) is 0 Å². The Balaban J connectivity index is 2.16. The number of nitrogens with zero attached hydrogens (tertiary/aromatic N) is 1. The summed E-state index contributed by atoms with van der Waals surface area (Å²) < 4.78 is 6.87. The first kappa shape index (κ1) is 14.0. The zero-order valence-corrected chi connectivity index (χ0v) is 12.7. The number of hydrogen-bond donors (Lipinski definition) is 1. The van der Waals surface area contributed by atoms with E-state index in [1.807, 2.05) is 26.1 Å². The van der Waals surface area contributed by atoms with E-state index in [4.69, 9.17) is 10.5 Å². The van der Waals surface area contributed by atoms with Crippen LogP contribution in [0.1, 0.15) is 22.3 Å². The van der Waals surface area contributed by atoms with E-state index in [2.05, 4.69) is 33.0 Å². The highest BCUT2D eigenvalue weighted by atomic mass is 79.9. The van der Waals surface area contributed by atoms with Crippen molar-refractivity contribution in [1.82, 2.24) is 4.98 Å². The van der Waals surface area contributed by atoms with Crippen molar-refractivity contribution < 1.29 is 4.74 Å². The van der Waals surface area contributed by atoms with E-state index in [0.29, 0.717) is 13.2 Å². The monoisotopic (exact) mass is 320 g/mol. The Morgan fingerprint density at radius 2 is 1.79 bits per heavy atom. The largest absolute Gasteiger partial charge is 0.488 e. The van der Waals surface area contributed by atoms with Crippen molar-refractivity contribution >= 4 is 15.9 Å². The number of benzene rings is 1. The molecule has 3 nitrogen and oxygen atoms in total. The van der Waals surface area contributed by atoms with Crippen molar-refractivity contribution in [1.29, 1.82) is 0 Å². The molecular weight excluding hydrogens is 304 g/mol. The Hall–Kier alpha value is -1.39. The number of halogens is 1. The molecule has 2 rings (SSSR count). The minimum absolute atomic E-state index is 0.510. The van der Waals surface area contributed by atoms with E-state index in [1.165, 1.54) is 0 Å². The maximum Gasteiger partial charge on any atom is 0.125 e. The van der Waals surface area contributed by atoms with Gasteiger partial charge in [0.1, 0.15) is 12.4 Å². The molecule has 19 heavy (non-hydrogen) atoms.